The highest BCUT2D eigenvalue weighted by atomic mass is 32.2. The van der Waals surface area contributed by atoms with Gasteiger partial charge in [-0.3, -0.25) is 4.55 Å². The molecule has 0 saturated heterocycles. The summed E-state index contributed by atoms with van der Waals surface area (Å²) in [6.07, 6.45) is 11.3. The second kappa shape index (κ2) is 4.73. The molecule has 4 saturated carbocycles. The Morgan fingerprint density at radius 1 is 1.11 bits per heavy atom. The lowest BCUT2D eigenvalue weighted by molar-refractivity contribution is -0.0583. The van der Waals surface area contributed by atoms with E-state index in [4.69, 9.17) is 4.55 Å². The van der Waals surface area contributed by atoms with Crippen LogP contribution >= 0.6 is 0 Å². The van der Waals surface area contributed by atoms with Crippen molar-refractivity contribution in [2.24, 2.45) is 23.2 Å². The van der Waals surface area contributed by atoms with Gasteiger partial charge in [0.1, 0.15) is 0 Å². The summed E-state index contributed by atoms with van der Waals surface area (Å²) in [6, 6.07) is 0. The van der Waals surface area contributed by atoms with E-state index in [1.165, 1.54) is 44.9 Å². The Balaban J connectivity index is 1.56. The van der Waals surface area contributed by atoms with Crippen molar-refractivity contribution < 1.29 is 13.0 Å². The number of hydrogen-bond acceptors (Lipinski definition) is 2. The molecule has 4 aliphatic rings. The molecular weight excluding hydrogens is 260 g/mol. The highest BCUT2D eigenvalue weighted by Crippen LogP contribution is 2.61. The number of hydrogen-bond donors (Lipinski definition) is 1. The first-order valence-corrected chi connectivity index (χ1v) is 9.33. The maximum absolute atomic E-state index is 11.0. The van der Waals surface area contributed by atoms with Crippen LogP contribution in [-0.2, 0) is 10.1 Å². The monoisotopic (exact) mass is 286 g/mol. The van der Waals surface area contributed by atoms with Crippen LogP contribution in [0.15, 0.2) is 0 Å². The van der Waals surface area contributed by atoms with Crippen molar-refractivity contribution >= 4 is 10.1 Å². The first-order chi connectivity index (χ1) is 8.86. The predicted molar refractivity (Wildman–Crippen MR) is 75.5 cm³/mol. The molecule has 0 aliphatic heterocycles. The standard InChI is InChI=1S/C15H26O3S/c1-11(19(16,17)18)3-2-4-15-8-12-5-13(9-15)7-14(6-12)10-15/h11-14H,2-10H2,1H3,(H,16,17,18). The van der Waals surface area contributed by atoms with Crippen LogP contribution in [0.1, 0.15) is 64.7 Å². The Hall–Kier alpha value is -0.0900. The minimum absolute atomic E-state index is 0.535. The molecule has 1 N–H and O–H groups in total. The van der Waals surface area contributed by atoms with Crippen molar-refractivity contribution in [3.8, 4) is 0 Å². The maximum Gasteiger partial charge on any atom is 0.267 e. The van der Waals surface area contributed by atoms with E-state index in [2.05, 4.69) is 0 Å². The maximum atomic E-state index is 11.0. The van der Waals surface area contributed by atoms with E-state index in [9.17, 15) is 8.42 Å². The van der Waals surface area contributed by atoms with Crippen molar-refractivity contribution in [2.45, 2.75) is 70.0 Å². The van der Waals surface area contributed by atoms with Crippen LogP contribution in [0.2, 0.25) is 0 Å². The summed E-state index contributed by atoms with van der Waals surface area (Å²) in [6.45, 7) is 1.62. The Kier molecular flexibility index (Phi) is 3.45. The van der Waals surface area contributed by atoms with Crippen molar-refractivity contribution in [3.05, 3.63) is 0 Å². The molecule has 0 aromatic heterocycles. The second-order valence-corrected chi connectivity index (χ2v) is 9.47. The van der Waals surface area contributed by atoms with Crippen LogP contribution < -0.4 is 0 Å². The molecule has 4 aliphatic carbocycles. The summed E-state index contributed by atoms with van der Waals surface area (Å²) in [5.41, 5.74) is 0.535. The highest BCUT2D eigenvalue weighted by molar-refractivity contribution is 7.86. The van der Waals surface area contributed by atoms with Gasteiger partial charge in [-0.1, -0.05) is 6.42 Å². The predicted octanol–water partition coefficient (Wildman–Crippen LogP) is 3.65. The van der Waals surface area contributed by atoms with E-state index >= 15 is 0 Å². The van der Waals surface area contributed by atoms with Crippen molar-refractivity contribution in [3.63, 3.8) is 0 Å². The minimum Gasteiger partial charge on any atom is -0.285 e. The zero-order chi connectivity index (χ0) is 13.7. The van der Waals surface area contributed by atoms with Gasteiger partial charge >= 0.3 is 0 Å². The van der Waals surface area contributed by atoms with Gasteiger partial charge in [0.25, 0.3) is 10.1 Å². The molecule has 0 aromatic rings. The lowest BCUT2D eigenvalue weighted by Crippen LogP contribution is -2.46. The fourth-order valence-electron chi connectivity index (χ4n) is 5.51. The topological polar surface area (TPSA) is 54.4 Å². The van der Waals surface area contributed by atoms with Gasteiger partial charge in [-0.15, -0.1) is 0 Å². The Labute approximate surface area is 116 Å². The van der Waals surface area contributed by atoms with E-state index in [1.54, 1.807) is 6.92 Å². The van der Waals surface area contributed by atoms with Gasteiger partial charge in [0.2, 0.25) is 0 Å². The molecule has 0 spiro atoms. The molecule has 4 rings (SSSR count). The van der Waals surface area contributed by atoms with Gasteiger partial charge < -0.3 is 0 Å². The Bertz CT molecular complexity index is 405. The lowest BCUT2D eigenvalue weighted by atomic mass is 9.48. The summed E-state index contributed by atoms with van der Waals surface area (Å²) in [5.74, 6) is 2.89. The molecule has 19 heavy (non-hydrogen) atoms. The molecule has 3 nitrogen and oxygen atoms in total. The Morgan fingerprint density at radius 2 is 1.58 bits per heavy atom. The molecule has 4 heteroatoms. The third kappa shape index (κ3) is 2.85. The van der Waals surface area contributed by atoms with Crippen molar-refractivity contribution in [1.82, 2.24) is 0 Å². The second-order valence-electron chi connectivity index (χ2n) is 7.64. The van der Waals surface area contributed by atoms with Crippen molar-refractivity contribution in [2.75, 3.05) is 0 Å². The molecule has 0 aromatic carbocycles. The quantitative estimate of drug-likeness (QED) is 0.785. The van der Waals surface area contributed by atoms with Crippen LogP contribution in [0, 0.1) is 23.2 Å². The average molecular weight is 286 g/mol. The van der Waals surface area contributed by atoms with Crippen LogP contribution in [0.25, 0.3) is 0 Å². The van der Waals surface area contributed by atoms with Gasteiger partial charge in [0, 0.05) is 0 Å². The van der Waals surface area contributed by atoms with Crippen LogP contribution in [0.5, 0.6) is 0 Å². The van der Waals surface area contributed by atoms with Gasteiger partial charge in [0.15, 0.2) is 0 Å². The molecule has 1 atom stereocenters. The highest BCUT2D eigenvalue weighted by Gasteiger charge is 2.50. The third-order valence-corrected chi connectivity index (χ3v) is 7.24. The zero-order valence-corrected chi connectivity index (χ0v) is 12.7. The van der Waals surface area contributed by atoms with E-state index in [1.807, 2.05) is 0 Å². The van der Waals surface area contributed by atoms with Gasteiger partial charge in [-0.2, -0.15) is 8.42 Å². The lowest BCUT2D eigenvalue weighted by Gasteiger charge is -2.57. The zero-order valence-electron chi connectivity index (χ0n) is 11.8. The fraction of sp³-hybridized carbons (Fsp3) is 1.00. The molecule has 0 amide bonds. The molecule has 110 valence electrons. The normalized spacial score (nSPS) is 42.5. The average Bonchev–Trinajstić information content (AvgIpc) is 2.25. The summed E-state index contributed by atoms with van der Waals surface area (Å²) in [4.78, 5) is 0. The van der Waals surface area contributed by atoms with E-state index in [-0.39, 0.29) is 0 Å². The third-order valence-electron chi connectivity index (χ3n) is 5.99. The summed E-state index contributed by atoms with van der Waals surface area (Å²) >= 11 is 0. The Morgan fingerprint density at radius 3 is 2.00 bits per heavy atom. The van der Waals surface area contributed by atoms with E-state index in [0.29, 0.717) is 11.8 Å². The van der Waals surface area contributed by atoms with Gasteiger partial charge in [-0.05, 0) is 81.5 Å². The molecular formula is C15H26O3S. The number of rotatable bonds is 5. The van der Waals surface area contributed by atoms with Gasteiger partial charge in [-0.25, -0.2) is 0 Å². The fourth-order valence-corrected chi connectivity index (χ4v) is 5.97. The summed E-state index contributed by atoms with van der Waals surface area (Å²) < 4.78 is 31.1. The summed E-state index contributed by atoms with van der Waals surface area (Å²) in [5, 5.41) is -0.596. The first kappa shape index (κ1) is 13.9. The smallest absolute Gasteiger partial charge is 0.267 e. The van der Waals surface area contributed by atoms with Crippen LogP contribution in [0.4, 0.5) is 0 Å². The largest absolute Gasteiger partial charge is 0.285 e. The van der Waals surface area contributed by atoms with Gasteiger partial charge in [0.05, 0.1) is 5.25 Å². The molecule has 4 fully saturated rings. The van der Waals surface area contributed by atoms with Crippen LogP contribution in [-0.4, -0.2) is 18.2 Å². The molecule has 4 bridgehead atoms. The SMILES string of the molecule is CC(CCCC12CC3CC(CC(C3)C1)C2)S(=O)(=O)O. The minimum atomic E-state index is -3.83. The first-order valence-electron chi connectivity index (χ1n) is 7.83. The van der Waals surface area contributed by atoms with E-state index in [0.717, 1.165) is 24.2 Å². The summed E-state index contributed by atoms with van der Waals surface area (Å²) in [7, 11) is -3.83. The molecule has 1 unspecified atom stereocenters. The molecule has 0 radical (unpaired) electrons. The van der Waals surface area contributed by atoms with Crippen LogP contribution in [0.3, 0.4) is 0 Å². The van der Waals surface area contributed by atoms with Crippen molar-refractivity contribution in [1.29, 1.82) is 0 Å². The van der Waals surface area contributed by atoms with E-state index < -0.39 is 15.4 Å². The molecule has 0 heterocycles.